The number of hydrogen-bond donors (Lipinski definition) is 0. The van der Waals surface area contributed by atoms with Crippen LogP contribution in [0.3, 0.4) is 0 Å². The Morgan fingerprint density at radius 3 is 1.57 bits per heavy atom. The first-order valence-corrected chi connectivity index (χ1v) is 21.5. The summed E-state index contributed by atoms with van der Waals surface area (Å²) in [4.78, 5) is 10.4. The predicted molar refractivity (Wildman–Crippen MR) is 260 cm³/mol. The second-order valence-corrected chi connectivity index (χ2v) is 16.7. The fourth-order valence-corrected chi connectivity index (χ4v) is 10.4. The Hall–Kier alpha value is -7.72. The average molecular weight is 793 g/mol. The van der Waals surface area contributed by atoms with Gasteiger partial charge in [-0.05, 0) is 83.9 Å². The molecule has 0 amide bonds. The minimum atomic E-state index is 0.717. The van der Waals surface area contributed by atoms with Crippen LogP contribution in [0.15, 0.2) is 218 Å². The molecule has 12 rings (SSSR count). The molecule has 61 heavy (non-hydrogen) atoms. The standard InChI is InChI=1S/C58H36N2S/c1-3-15-41(16-4-1)55-46-21-10-9-20-45(46)54(49-35-34-39-14-7-8-19-44(39)57(49)55)42-32-28-38(29-33-42)37-26-30-40(31-27-37)50-36-51(60-58(59-50)43-17-5-2-6-18-43)47-23-13-25-53-56(47)48-22-11-12-24-52(48)61-53/h1-36H. The van der Waals surface area contributed by atoms with Crippen molar-refractivity contribution in [3.05, 3.63) is 218 Å². The van der Waals surface area contributed by atoms with Gasteiger partial charge in [-0.1, -0.05) is 200 Å². The number of nitrogens with zero attached hydrogens (tertiary/aromatic N) is 2. The Morgan fingerprint density at radius 1 is 0.295 bits per heavy atom. The van der Waals surface area contributed by atoms with Gasteiger partial charge in [0.15, 0.2) is 5.82 Å². The minimum Gasteiger partial charge on any atom is -0.228 e. The first kappa shape index (κ1) is 35.2. The maximum Gasteiger partial charge on any atom is 0.160 e. The van der Waals surface area contributed by atoms with Gasteiger partial charge in [0, 0.05) is 36.9 Å². The molecule has 0 aliphatic carbocycles. The van der Waals surface area contributed by atoms with E-state index < -0.39 is 0 Å². The summed E-state index contributed by atoms with van der Waals surface area (Å²) in [6.45, 7) is 0. The highest BCUT2D eigenvalue weighted by Gasteiger charge is 2.19. The summed E-state index contributed by atoms with van der Waals surface area (Å²) >= 11 is 1.83. The van der Waals surface area contributed by atoms with Gasteiger partial charge in [0.25, 0.3) is 0 Å². The predicted octanol–water partition coefficient (Wildman–Crippen LogP) is 16.3. The van der Waals surface area contributed by atoms with Crippen molar-refractivity contribution in [2.45, 2.75) is 0 Å². The number of rotatable bonds is 6. The van der Waals surface area contributed by atoms with Crippen molar-refractivity contribution in [3.8, 4) is 67.3 Å². The van der Waals surface area contributed by atoms with Gasteiger partial charge in [0.2, 0.25) is 0 Å². The van der Waals surface area contributed by atoms with Crippen LogP contribution >= 0.6 is 11.3 Å². The average Bonchev–Trinajstić information content (AvgIpc) is 3.73. The molecule has 0 aliphatic heterocycles. The topological polar surface area (TPSA) is 25.8 Å². The van der Waals surface area contributed by atoms with Gasteiger partial charge in [-0.15, -0.1) is 11.3 Å². The summed E-state index contributed by atoms with van der Waals surface area (Å²) < 4.78 is 2.54. The van der Waals surface area contributed by atoms with Crippen molar-refractivity contribution < 1.29 is 0 Å². The van der Waals surface area contributed by atoms with Gasteiger partial charge in [-0.25, -0.2) is 9.97 Å². The summed E-state index contributed by atoms with van der Waals surface area (Å²) in [7, 11) is 0. The maximum atomic E-state index is 5.20. The second kappa shape index (κ2) is 14.5. The quantitative estimate of drug-likeness (QED) is 0.124. The SMILES string of the molecule is c1ccc(-c2nc(-c3ccc(-c4ccc(-c5c6ccccc6c(-c6ccccc6)c6c5ccc5ccccc56)cc4)cc3)cc(-c3cccc4sc5ccccc5c34)n2)cc1. The molecular weight excluding hydrogens is 757 g/mol. The van der Waals surface area contributed by atoms with E-state index in [1.54, 1.807) is 0 Å². The molecule has 0 spiro atoms. The molecule has 2 aromatic heterocycles. The van der Waals surface area contributed by atoms with Crippen LogP contribution in [0.25, 0.3) is 120 Å². The lowest BCUT2D eigenvalue weighted by Gasteiger charge is -2.19. The summed E-state index contributed by atoms with van der Waals surface area (Å²) in [5, 5.41) is 10.1. The second-order valence-electron chi connectivity index (χ2n) is 15.6. The summed E-state index contributed by atoms with van der Waals surface area (Å²) in [6, 6.07) is 78.7. The van der Waals surface area contributed by atoms with Gasteiger partial charge in [0.05, 0.1) is 11.4 Å². The van der Waals surface area contributed by atoms with Gasteiger partial charge in [-0.2, -0.15) is 0 Å². The van der Waals surface area contributed by atoms with Gasteiger partial charge < -0.3 is 0 Å². The third-order valence-corrected chi connectivity index (χ3v) is 13.2. The first-order valence-electron chi connectivity index (χ1n) is 20.7. The number of benzene rings is 10. The molecule has 284 valence electrons. The van der Waals surface area contributed by atoms with Crippen LogP contribution in [-0.2, 0) is 0 Å². The summed E-state index contributed by atoms with van der Waals surface area (Å²) in [5.74, 6) is 0.717. The molecule has 0 N–H and O–H groups in total. The van der Waals surface area contributed by atoms with Crippen LogP contribution in [0.1, 0.15) is 0 Å². The van der Waals surface area contributed by atoms with E-state index in [0.717, 1.165) is 33.6 Å². The van der Waals surface area contributed by atoms with Crippen molar-refractivity contribution in [2.24, 2.45) is 0 Å². The number of fused-ring (bicyclic) bond motifs is 7. The van der Waals surface area contributed by atoms with Gasteiger partial charge in [-0.3, -0.25) is 0 Å². The van der Waals surface area contributed by atoms with Crippen molar-refractivity contribution in [1.29, 1.82) is 0 Å². The fraction of sp³-hybridized carbons (Fsp3) is 0. The Labute approximate surface area is 357 Å². The molecule has 0 saturated heterocycles. The molecule has 10 aromatic carbocycles. The molecular formula is C58H36N2S. The molecule has 0 radical (unpaired) electrons. The molecule has 0 fully saturated rings. The molecule has 0 aliphatic rings. The third kappa shape index (κ3) is 6.01. The fourth-order valence-electron chi connectivity index (χ4n) is 9.26. The Balaban J connectivity index is 0.954. The maximum absolute atomic E-state index is 5.20. The highest BCUT2D eigenvalue weighted by molar-refractivity contribution is 7.25. The lowest BCUT2D eigenvalue weighted by Crippen LogP contribution is -1.96. The van der Waals surface area contributed by atoms with Crippen LogP contribution in [0.4, 0.5) is 0 Å². The van der Waals surface area contributed by atoms with Crippen LogP contribution in [0.2, 0.25) is 0 Å². The largest absolute Gasteiger partial charge is 0.228 e. The lowest BCUT2D eigenvalue weighted by atomic mass is 9.84. The van der Waals surface area contributed by atoms with Gasteiger partial charge >= 0.3 is 0 Å². The lowest BCUT2D eigenvalue weighted by molar-refractivity contribution is 1.19. The van der Waals surface area contributed by atoms with E-state index in [9.17, 15) is 0 Å². The number of aromatic nitrogens is 2. The van der Waals surface area contributed by atoms with E-state index in [4.69, 9.17) is 9.97 Å². The summed E-state index contributed by atoms with van der Waals surface area (Å²) in [5.41, 5.74) is 12.3. The highest BCUT2D eigenvalue weighted by Crippen LogP contribution is 2.47. The normalized spacial score (nSPS) is 11.6. The van der Waals surface area contributed by atoms with Crippen molar-refractivity contribution in [1.82, 2.24) is 9.97 Å². The molecule has 0 unspecified atom stereocenters. The summed E-state index contributed by atoms with van der Waals surface area (Å²) in [6.07, 6.45) is 0. The molecule has 2 nitrogen and oxygen atoms in total. The van der Waals surface area contributed by atoms with Crippen molar-refractivity contribution in [3.63, 3.8) is 0 Å². The van der Waals surface area contributed by atoms with E-state index >= 15 is 0 Å². The Kier molecular flexibility index (Phi) is 8.39. The zero-order chi connectivity index (χ0) is 40.3. The number of hydrogen-bond acceptors (Lipinski definition) is 3. The van der Waals surface area contributed by atoms with Crippen LogP contribution in [0, 0.1) is 0 Å². The highest BCUT2D eigenvalue weighted by atomic mass is 32.1. The first-order chi connectivity index (χ1) is 30.2. The Bertz CT molecular complexity index is 3610. The third-order valence-electron chi connectivity index (χ3n) is 12.1. The molecule has 2 heterocycles. The Morgan fingerprint density at radius 2 is 0.836 bits per heavy atom. The van der Waals surface area contributed by atoms with Crippen molar-refractivity contribution >= 4 is 63.8 Å². The molecule has 3 heteroatoms. The van der Waals surface area contributed by atoms with Crippen LogP contribution in [0.5, 0.6) is 0 Å². The zero-order valence-corrected chi connectivity index (χ0v) is 33.9. The molecule has 0 atom stereocenters. The van der Waals surface area contributed by atoms with E-state index in [-0.39, 0.29) is 0 Å². The monoisotopic (exact) mass is 792 g/mol. The smallest absolute Gasteiger partial charge is 0.160 e. The van der Waals surface area contributed by atoms with E-state index in [2.05, 4.69) is 200 Å². The van der Waals surface area contributed by atoms with E-state index in [0.29, 0.717) is 5.82 Å². The molecule has 0 saturated carbocycles. The van der Waals surface area contributed by atoms with E-state index in [1.807, 2.05) is 29.5 Å². The van der Waals surface area contributed by atoms with Crippen molar-refractivity contribution in [2.75, 3.05) is 0 Å². The van der Waals surface area contributed by atoms with Crippen LogP contribution in [-0.4, -0.2) is 9.97 Å². The van der Waals surface area contributed by atoms with E-state index in [1.165, 1.54) is 80.3 Å². The molecule has 12 aromatic rings. The van der Waals surface area contributed by atoms with Crippen LogP contribution < -0.4 is 0 Å². The minimum absolute atomic E-state index is 0.717. The molecule has 0 bridgehead atoms. The zero-order valence-electron chi connectivity index (χ0n) is 33.1. The number of thiophene rings is 1. The van der Waals surface area contributed by atoms with Gasteiger partial charge in [0.1, 0.15) is 0 Å².